The van der Waals surface area contributed by atoms with E-state index in [1.165, 1.54) is 12.8 Å². The lowest BCUT2D eigenvalue weighted by molar-refractivity contribution is 0.0352. The first-order chi connectivity index (χ1) is 12.6. The van der Waals surface area contributed by atoms with Crippen molar-refractivity contribution in [3.05, 3.63) is 16.6 Å². The molecule has 2 aliphatic heterocycles. The summed E-state index contributed by atoms with van der Waals surface area (Å²) >= 11 is 5.30. The zero-order valence-corrected chi connectivity index (χ0v) is 17.2. The Morgan fingerprint density at radius 1 is 1.27 bits per heavy atom. The highest BCUT2D eigenvalue weighted by molar-refractivity contribution is 9.10. The van der Waals surface area contributed by atoms with Crippen LogP contribution in [0, 0.1) is 11.3 Å². The summed E-state index contributed by atoms with van der Waals surface area (Å²) in [5, 5.41) is 25.8. The Hall–Kier alpha value is -0.940. The number of aliphatic hydroxyl groups is 1. The molecule has 7 heteroatoms. The third-order valence-electron chi connectivity index (χ3n) is 5.74. The molecule has 0 amide bonds. The lowest BCUT2D eigenvalue weighted by Crippen LogP contribution is -2.47. The largest absolute Gasteiger partial charge is 0.392 e. The van der Waals surface area contributed by atoms with Crippen LogP contribution in [0.3, 0.4) is 0 Å². The Kier molecular flexibility index (Phi) is 5.65. The van der Waals surface area contributed by atoms with Gasteiger partial charge in [0.05, 0.1) is 22.3 Å². The number of hydrogen-bond acceptors (Lipinski definition) is 6. The van der Waals surface area contributed by atoms with Crippen molar-refractivity contribution in [2.75, 3.05) is 23.7 Å². The monoisotopic (exact) mass is 436 g/mol. The van der Waals surface area contributed by atoms with Gasteiger partial charge in [0.25, 0.3) is 0 Å². The molecule has 5 nitrogen and oxygen atoms in total. The Morgan fingerprint density at radius 2 is 2.08 bits per heavy atom. The fourth-order valence-corrected chi connectivity index (χ4v) is 6.05. The van der Waals surface area contributed by atoms with Gasteiger partial charge in [0.1, 0.15) is 0 Å². The molecule has 3 N–H and O–H groups in total. The summed E-state index contributed by atoms with van der Waals surface area (Å²) in [6, 6.07) is 7.54. The van der Waals surface area contributed by atoms with Crippen LogP contribution in [-0.2, 0) is 0 Å². The molecule has 0 aromatic heterocycles. The van der Waals surface area contributed by atoms with Gasteiger partial charge in [-0.25, -0.2) is 0 Å². The molecule has 3 aliphatic rings. The van der Waals surface area contributed by atoms with E-state index in [9.17, 15) is 5.11 Å². The van der Waals surface area contributed by atoms with Gasteiger partial charge in [0, 0.05) is 29.2 Å². The van der Waals surface area contributed by atoms with Crippen molar-refractivity contribution in [3.8, 4) is 6.07 Å². The average molecular weight is 437 g/mol. The predicted molar refractivity (Wildman–Crippen MR) is 110 cm³/mol. The third kappa shape index (κ3) is 3.84. The normalized spacial score (nSPS) is 31.7. The number of hydrogen-bond donors (Lipinski definition) is 3. The molecule has 2 heterocycles. The average Bonchev–Trinajstić information content (AvgIpc) is 3.09. The maximum absolute atomic E-state index is 9.91. The second kappa shape index (κ2) is 7.97. The van der Waals surface area contributed by atoms with E-state index in [1.54, 1.807) is 11.8 Å². The first-order valence-electron chi connectivity index (χ1n) is 9.48. The van der Waals surface area contributed by atoms with E-state index >= 15 is 0 Å². The molecule has 0 radical (unpaired) electrons. The summed E-state index contributed by atoms with van der Waals surface area (Å²) in [5.74, 6) is 0. The van der Waals surface area contributed by atoms with Crippen molar-refractivity contribution < 1.29 is 5.11 Å². The standard InChI is InChI=1S/C19H25BrN4OS/c20-18-15(7-8-16-19(18)26-17(10-21)23-16)22-12-3-5-13(6-4-12)24-9-1-2-14(25)11-24/h7-8,12-14,17,22-23,25H,1-6,9,11H2/t12?,13?,14-,17?/m0/s1. The van der Waals surface area contributed by atoms with Gasteiger partial charge in [0.15, 0.2) is 5.37 Å². The van der Waals surface area contributed by atoms with Crippen LogP contribution in [0.25, 0.3) is 0 Å². The molecule has 1 saturated heterocycles. The van der Waals surface area contributed by atoms with Gasteiger partial charge in [-0.15, -0.1) is 0 Å². The highest BCUT2D eigenvalue weighted by atomic mass is 79.9. The van der Waals surface area contributed by atoms with E-state index in [1.807, 2.05) is 0 Å². The molecule has 1 saturated carbocycles. The van der Waals surface area contributed by atoms with Crippen LogP contribution in [0.5, 0.6) is 0 Å². The maximum Gasteiger partial charge on any atom is 0.166 e. The molecule has 4 rings (SSSR count). The SMILES string of the molecule is N#CC1Nc2ccc(NC3CCC(N4CCC[C@H](O)C4)CC3)c(Br)c2S1. The fraction of sp³-hybridized carbons (Fsp3) is 0.632. The Balaban J connectivity index is 1.35. The van der Waals surface area contributed by atoms with Gasteiger partial charge in [-0.05, 0) is 73.1 Å². The summed E-state index contributed by atoms with van der Waals surface area (Å²) in [6.45, 7) is 1.99. The number of nitrogens with zero attached hydrogens (tertiary/aromatic N) is 2. The minimum atomic E-state index is -0.202. The number of nitriles is 1. The molecule has 0 spiro atoms. The third-order valence-corrected chi connectivity index (χ3v) is 7.94. The summed E-state index contributed by atoms with van der Waals surface area (Å²) in [5.41, 5.74) is 2.15. The van der Waals surface area contributed by atoms with Crippen LogP contribution >= 0.6 is 27.7 Å². The second-order valence-electron chi connectivity index (χ2n) is 7.52. The Morgan fingerprint density at radius 3 is 2.81 bits per heavy atom. The minimum Gasteiger partial charge on any atom is -0.392 e. The fourth-order valence-electron chi connectivity index (χ4n) is 4.36. The van der Waals surface area contributed by atoms with Crippen LogP contribution in [0.15, 0.2) is 21.5 Å². The van der Waals surface area contributed by atoms with Crippen molar-refractivity contribution in [2.45, 2.75) is 67.0 Å². The molecule has 26 heavy (non-hydrogen) atoms. The molecular weight excluding hydrogens is 412 g/mol. The summed E-state index contributed by atoms with van der Waals surface area (Å²) in [7, 11) is 0. The first kappa shape index (κ1) is 18.4. The zero-order chi connectivity index (χ0) is 18.1. The van der Waals surface area contributed by atoms with E-state index in [2.05, 4.69) is 49.7 Å². The molecule has 2 fully saturated rings. The molecular formula is C19H25BrN4OS. The van der Waals surface area contributed by atoms with Crippen molar-refractivity contribution in [2.24, 2.45) is 0 Å². The lowest BCUT2D eigenvalue weighted by atomic mass is 9.89. The van der Waals surface area contributed by atoms with Gasteiger partial charge in [-0.2, -0.15) is 5.26 Å². The number of nitrogens with one attached hydrogen (secondary N) is 2. The number of rotatable bonds is 3. The van der Waals surface area contributed by atoms with Crippen molar-refractivity contribution in [1.29, 1.82) is 5.26 Å². The van der Waals surface area contributed by atoms with Crippen LogP contribution < -0.4 is 10.6 Å². The number of fused-ring (bicyclic) bond motifs is 1. The highest BCUT2D eigenvalue weighted by Crippen LogP contribution is 2.46. The number of β-amino-alcohol motifs (C(OH)–C–C–N with tert-alkyl or cyclic N) is 1. The Labute approximate surface area is 167 Å². The number of aliphatic hydroxyl groups excluding tert-OH is 1. The van der Waals surface area contributed by atoms with Gasteiger partial charge < -0.3 is 15.7 Å². The van der Waals surface area contributed by atoms with Crippen LogP contribution in [-0.4, -0.2) is 46.7 Å². The minimum absolute atomic E-state index is 0.134. The second-order valence-corrected chi connectivity index (χ2v) is 9.42. The summed E-state index contributed by atoms with van der Waals surface area (Å²) in [6.07, 6.45) is 6.65. The molecule has 1 aromatic rings. The van der Waals surface area contributed by atoms with E-state index in [4.69, 9.17) is 5.26 Å². The van der Waals surface area contributed by atoms with Crippen molar-refractivity contribution in [3.63, 3.8) is 0 Å². The lowest BCUT2D eigenvalue weighted by Gasteiger charge is -2.40. The highest BCUT2D eigenvalue weighted by Gasteiger charge is 2.30. The number of likely N-dealkylation sites (tertiary alicyclic amines) is 1. The van der Waals surface area contributed by atoms with E-state index < -0.39 is 0 Å². The van der Waals surface area contributed by atoms with Gasteiger partial charge in [0.2, 0.25) is 0 Å². The molecule has 140 valence electrons. The molecule has 2 atom stereocenters. The molecule has 1 aliphatic carbocycles. The topological polar surface area (TPSA) is 71.3 Å². The number of thioether (sulfide) groups is 1. The van der Waals surface area contributed by atoms with Crippen LogP contribution in [0.2, 0.25) is 0 Å². The smallest absolute Gasteiger partial charge is 0.166 e. The number of anilines is 2. The van der Waals surface area contributed by atoms with Gasteiger partial charge in [-0.3, -0.25) is 4.90 Å². The van der Waals surface area contributed by atoms with E-state index in [0.29, 0.717) is 12.1 Å². The molecule has 1 aromatic carbocycles. The van der Waals surface area contributed by atoms with Gasteiger partial charge in [-0.1, -0.05) is 11.8 Å². The zero-order valence-electron chi connectivity index (χ0n) is 14.7. The van der Waals surface area contributed by atoms with Crippen LogP contribution in [0.4, 0.5) is 11.4 Å². The summed E-state index contributed by atoms with van der Waals surface area (Å²) in [4.78, 5) is 3.62. The quantitative estimate of drug-likeness (QED) is 0.664. The Bertz CT molecular complexity index is 702. The van der Waals surface area contributed by atoms with Crippen LogP contribution in [0.1, 0.15) is 38.5 Å². The number of benzene rings is 1. The maximum atomic E-state index is 9.91. The first-order valence-corrected chi connectivity index (χ1v) is 11.2. The number of piperidine rings is 1. The molecule has 0 bridgehead atoms. The van der Waals surface area contributed by atoms with Crippen molar-refractivity contribution >= 4 is 39.1 Å². The van der Waals surface area contributed by atoms with Gasteiger partial charge >= 0.3 is 0 Å². The number of halogens is 1. The predicted octanol–water partition coefficient (Wildman–Crippen LogP) is 4.00. The van der Waals surface area contributed by atoms with E-state index in [0.717, 1.165) is 59.5 Å². The van der Waals surface area contributed by atoms with Crippen molar-refractivity contribution in [1.82, 2.24) is 4.90 Å². The van der Waals surface area contributed by atoms with E-state index in [-0.39, 0.29) is 11.5 Å². The summed E-state index contributed by atoms with van der Waals surface area (Å²) < 4.78 is 1.06. The molecule has 1 unspecified atom stereocenters.